The molecule has 0 aliphatic rings. The average Bonchev–Trinajstić information content (AvgIpc) is 2.85. The SMILES string of the molecule is C#CCN(CCC)S(=O)(=O)c1cnn(CCCN)c1. The number of terminal acetylenes is 1. The molecule has 0 aliphatic carbocycles. The Morgan fingerprint density at radius 1 is 1.58 bits per heavy atom. The second kappa shape index (κ2) is 7.28. The summed E-state index contributed by atoms with van der Waals surface area (Å²) in [5, 5.41) is 4.03. The van der Waals surface area contributed by atoms with Gasteiger partial charge in [-0.3, -0.25) is 4.68 Å². The van der Waals surface area contributed by atoms with Gasteiger partial charge in [-0.2, -0.15) is 9.40 Å². The maximum atomic E-state index is 12.4. The van der Waals surface area contributed by atoms with Gasteiger partial charge in [-0.05, 0) is 19.4 Å². The van der Waals surface area contributed by atoms with Crippen molar-refractivity contribution in [1.82, 2.24) is 14.1 Å². The molecule has 1 aromatic rings. The second-order valence-electron chi connectivity index (χ2n) is 4.12. The molecule has 19 heavy (non-hydrogen) atoms. The molecule has 0 unspecified atom stereocenters. The fourth-order valence-corrected chi connectivity index (χ4v) is 3.04. The highest BCUT2D eigenvalue weighted by atomic mass is 32.2. The first-order valence-electron chi connectivity index (χ1n) is 6.22. The Balaban J connectivity index is 2.91. The number of aromatic nitrogens is 2. The highest BCUT2D eigenvalue weighted by molar-refractivity contribution is 7.89. The molecule has 0 spiro atoms. The number of hydrogen-bond donors (Lipinski definition) is 1. The van der Waals surface area contributed by atoms with Gasteiger partial charge in [-0.1, -0.05) is 12.8 Å². The molecular formula is C12H20N4O2S. The quantitative estimate of drug-likeness (QED) is 0.695. The smallest absolute Gasteiger partial charge is 0.247 e. The number of nitrogens with zero attached hydrogens (tertiary/aromatic N) is 3. The van der Waals surface area contributed by atoms with Crippen LogP contribution < -0.4 is 5.73 Å². The zero-order valence-electron chi connectivity index (χ0n) is 11.1. The summed E-state index contributed by atoms with van der Waals surface area (Å²) in [7, 11) is -3.55. The highest BCUT2D eigenvalue weighted by Gasteiger charge is 2.24. The van der Waals surface area contributed by atoms with Crippen LogP contribution >= 0.6 is 0 Å². The third-order valence-corrected chi connectivity index (χ3v) is 4.38. The molecule has 106 valence electrons. The second-order valence-corrected chi connectivity index (χ2v) is 6.06. The third-order valence-electron chi connectivity index (χ3n) is 2.58. The first-order valence-corrected chi connectivity index (χ1v) is 7.66. The third kappa shape index (κ3) is 4.06. The molecule has 1 aromatic heterocycles. The standard InChI is InChI=1S/C12H20N4O2S/c1-3-7-16(8-4-2)19(17,18)12-10-14-15(11-12)9-5-6-13/h1,10-11H,4-9,13H2,2H3. The van der Waals surface area contributed by atoms with E-state index in [1.54, 1.807) is 4.68 Å². The van der Waals surface area contributed by atoms with E-state index in [4.69, 9.17) is 12.2 Å². The van der Waals surface area contributed by atoms with Gasteiger partial charge in [0.1, 0.15) is 4.90 Å². The zero-order chi connectivity index (χ0) is 14.3. The number of sulfonamides is 1. The van der Waals surface area contributed by atoms with Gasteiger partial charge < -0.3 is 5.73 Å². The first-order chi connectivity index (χ1) is 9.06. The van der Waals surface area contributed by atoms with Gasteiger partial charge in [0.25, 0.3) is 0 Å². The maximum absolute atomic E-state index is 12.4. The summed E-state index contributed by atoms with van der Waals surface area (Å²) in [5.41, 5.74) is 5.41. The molecule has 0 saturated carbocycles. The van der Waals surface area contributed by atoms with Crippen LogP contribution in [-0.4, -0.2) is 42.1 Å². The number of hydrogen-bond acceptors (Lipinski definition) is 4. The first kappa shape index (κ1) is 15.7. The van der Waals surface area contributed by atoms with Gasteiger partial charge in [0.05, 0.1) is 12.7 Å². The molecule has 0 aliphatic heterocycles. The van der Waals surface area contributed by atoms with Crippen LogP contribution in [0.5, 0.6) is 0 Å². The van der Waals surface area contributed by atoms with Crippen molar-refractivity contribution in [3.63, 3.8) is 0 Å². The van der Waals surface area contributed by atoms with Crippen LogP contribution in [0.4, 0.5) is 0 Å². The van der Waals surface area contributed by atoms with E-state index < -0.39 is 10.0 Å². The van der Waals surface area contributed by atoms with Crippen molar-refractivity contribution in [2.75, 3.05) is 19.6 Å². The topological polar surface area (TPSA) is 81.2 Å². The van der Waals surface area contributed by atoms with Crippen LogP contribution in [0.3, 0.4) is 0 Å². The molecule has 7 heteroatoms. The van der Waals surface area contributed by atoms with Crippen LogP contribution in [-0.2, 0) is 16.6 Å². The Morgan fingerprint density at radius 3 is 2.89 bits per heavy atom. The summed E-state index contributed by atoms with van der Waals surface area (Å²) in [6.07, 6.45) is 9.55. The van der Waals surface area contributed by atoms with Gasteiger partial charge >= 0.3 is 0 Å². The predicted octanol–water partition coefficient (Wildman–Crippen LogP) is 0.266. The summed E-state index contributed by atoms with van der Waals surface area (Å²) >= 11 is 0. The van der Waals surface area contributed by atoms with Crippen LogP contribution in [0.1, 0.15) is 19.8 Å². The van der Waals surface area contributed by atoms with E-state index in [1.165, 1.54) is 16.7 Å². The van der Waals surface area contributed by atoms with E-state index in [-0.39, 0.29) is 11.4 Å². The molecule has 0 bridgehead atoms. The Labute approximate surface area is 114 Å². The summed E-state index contributed by atoms with van der Waals surface area (Å²) in [5.74, 6) is 2.37. The minimum absolute atomic E-state index is 0.0736. The monoisotopic (exact) mass is 284 g/mol. The van der Waals surface area contributed by atoms with Crippen molar-refractivity contribution >= 4 is 10.0 Å². The van der Waals surface area contributed by atoms with Gasteiger partial charge in [-0.15, -0.1) is 6.42 Å². The molecule has 0 amide bonds. The Kier molecular flexibility index (Phi) is 6.02. The summed E-state index contributed by atoms with van der Waals surface area (Å²) in [6, 6.07) is 0. The molecule has 0 radical (unpaired) electrons. The Morgan fingerprint density at radius 2 is 2.32 bits per heavy atom. The minimum Gasteiger partial charge on any atom is -0.330 e. The lowest BCUT2D eigenvalue weighted by Gasteiger charge is -2.17. The molecular weight excluding hydrogens is 264 g/mol. The summed E-state index contributed by atoms with van der Waals surface area (Å²) < 4.78 is 27.6. The van der Waals surface area contributed by atoms with Gasteiger partial charge in [0.2, 0.25) is 10.0 Å². The maximum Gasteiger partial charge on any atom is 0.247 e. The molecule has 1 rings (SSSR count). The van der Waals surface area contributed by atoms with E-state index >= 15 is 0 Å². The van der Waals surface area contributed by atoms with Crippen molar-refractivity contribution in [2.24, 2.45) is 5.73 Å². The van der Waals surface area contributed by atoms with Crippen LogP contribution in [0, 0.1) is 12.3 Å². The van der Waals surface area contributed by atoms with E-state index in [0.717, 1.165) is 6.42 Å². The Hall–Kier alpha value is -1.36. The van der Waals surface area contributed by atoms with Crippen LogP contribution in [0.25, 0.3) is 0 Å². The predicted molar refractivity (Wildman–Crippen MR) is 73.8 cm³/mol. The van der Waals surface area contributed by atoms with Crippen molar-refractivity contribution in [3.05, 3.63) is 12.4 Å². The minimum atomic E-state index is -3.55. The molecule has 2 N–H and O–H groups in total. The largest absolute Gasteiger partial charge is 0.330 e. The normalized spacial score (nSPS) is 11.7. The molecule has 0 aromatic carbocycles. The summed E-state index contributed by atoms with van der Waals surface area (Å²) in [6.45, 7) is 3.53. The van der Waals surface area contributed by atoms with Crippen LogP contribution in [0.2, 0.25) is 0 Å². The molecule has 1 heterocycles. The Bertz CT molecular complexity index is 530. The van der Waals surface area contributed by atoms with Crippen molar-refractivity contribution in [3.8, 4) is 12.3 Å². The fraction of sp³-hybridized carbons (Fsp3) is 0.583. The lowest BCUT2D eigenvalue weighted by molar-refractivity contribution is 0.445. The molecule has 0 atom stereocenters. The van der Waals surface area contributed by atoms with E-state index in [0.29, 0.717) is 26.1 Å². The lowest BCUT2D eigenvalue weighted by Crippen LogP contribution is -2.32. The molecule has 6 nitrogen and oxygen atoms in total. The molecule has 0 fully saturated rings. The van der Waals surface area contributed by atoms with Gasteiger partial charge in [-0.25, -0.2) is 8.42 Å². The van der Waals surface area contributed by atoms with Crippen LogP contribution in [0.15, 0.2) is 17.3 Å². The van der Waals surface area contributed by atoms with E-state index in [2.05, 4.69) is 11.0 Å². The number of rotatable bonds is 8. The van der Waals surface area contributed by atoms with Crippen molar-refractivity contribution < 1.29 is 8.42 Å². The van der Waals surface area contributed by atoms with Crippen molar-refractivity contribution in [1.29, 1.82) is 0 Å². The highest BCUT2D eigenvalue weighted by Crippen LogP contribution is 2.15. The zero-order valence-corrected chi connectivity index (χ0v) is 11.9. The molecule has 0 saturated heterocycles. The van der Waals surface area contributed by atoms with E-state index in [1.807, 2.05) is 6.92 Å². The average molecular weight is 284 g/mol. The van der Waals surface area contributed by atoms with Gasteiger partial charge in [0, 0.05) is 19.3 Å². The van der Waals surface area contributed by atoms with E-state index in [9.17, 15) is 8.42 Å². The number of nitrogens with two attached hydrogens (primary N) is 1. The fourth-order valence-electron chi connectivity index (χ4n) is 1.64. The number of aryl methyl sites for hydroxylation is 1. The summed E-state index contributed by atoms with van der Waals surface area (Å²) in [4.78, 5) is 0.174. The van der Waals surface area contributed by atoms with Gasteiger partial charge in [0.15, 0.2) is 0 Å². The van der Waals surface area contributed by atoms with Crippen molar-refractivity contribution in [2.45, 2.75) is 31.2 Å². The lowest BCUT2D eigenvalue weighted by atomic mass is 10.4.